The van der Waals surface area contributed by atoms with Crippen LogP contribution in [0.4, 0.5) is 4.39 Å². The molecule has 0 aliphatic carbocycles. The second kappa shape index (κ2) is 8.62. The molecule has 4 rings (SSSR count). The molecule has 1 aromatic heterocycles. The number of aromatic amines is 1. The molecule has 0 fully saturated rings. The molecule has 0 bridgehead atoms. The van der Waals surface area contributed by atoms with Gasteiger partial charge in [0, 0.05) is 19.7 Å². The van der Waals surface area contributed by atoms with Crippen molar-refractivity contribution >= 4 is 5.91 Å². The highest BCUT2D eigenvalue weighted by atomic mass is 19.1. The number of amides is 1. The van der Waals surface area contributed by atoms with Gasteiger partial charge < -0.3 is 15.1 Å². The number of nitrogens with one attached hydrogen (secondary N) is 1. The fourth-order valence-corrected chi connectivity index (χ4v) is 3.58. The van der Waals surface area contributed by atoms with Crippen molar-refractivity contribution in [1.82, 2.24) is 19.7 Å². The Kier molecular flexibility index (Phi) is 5.70. The summed E-state index contributed by atoms with van der Waals surface area (Å²) in [7, 11) is 1.54. The number of H-pyrrole nitrogens is 1. The Labute approximate surface area is 188 Å². The third-order valence-corrected chi connectivity index (χ3v) is 5.29. The normalized spacial score (nSPS) is 10.9. The summed E-state index contributed by atoms with van der Waals surface area (Å²) < 4.78 is 14.4. The summed E-state index contributed by atoms with van der Waals surface area (Å²) in [6.07, 6.45) is 0. The molecule has 4 aromatic rings. The smallest absolute Gasteiger partial charge is 0.348 e. The van der Waals surface area contributed by atoms with E-state index in [0.717, 1.165) is 11.6 Å². The highest BCUT2D eigenvalue weighted by molar-refractivity contribution is 5.98. The molecular formula is C24H21FN4O4. The minimum absolute atomic E-state index is 0.0841. The third-order valence-electron chi connectivity index (χ3n) is 5.29. The lowest BCUT2D eigenvalue weighted by atomic mass is 10.1. The number of hydrogen-bond donors (Lipinski definition) is 3. The minimum atomic E-state index is -0.529. The van der Waals surface area contributed by atoms with E-state index in [-0.39, 0.29) is 35.1 Å². The third kappa shape index (κ3) is 4.20. The summed E-state index contributed by atoms with van der Waals surface area (Å²) in [4.78, 5) is 26.9. The van der Waals surface area contributed by atoms with E-state index in [4.69, 9.17) is 0 Å². The molecule has 0 atom stereocenters. The van der Waals surface area contributed by atoms with Crippen LogP contribution in [-0.2, 0) is 6.54 Å². The van der Waals surface area contributed by atoms with Gasteiger partial charge in [-0.25, -0.2) is 18.9 Å². The summed E-state index contributed by atoms with van der Waals surface area (Å²) in [6.45, 7) is 2.00. The second-order valence-electron chi connectivity index (χ2n) is 7.65. The van der Waals surface area contributed by atoms with Gasteiger partial charge in [0.05, 0.1) is 16.8 Å². The van der Waals surface area contributed by atoms with E-state index in [1.54, 1.807) is 24.3 Å². The van der Waals surface area contributed by atoms with E-state index in [2.05, 4.69) is 10.2 Å². The van der Waals surface area contributed by atoms with Gasteiger partial charge in [0.15, 0.2) is 5.82 Å². The molecule has 0 aliphatic heterocycles. The quantitative estimate of drug-likeness (QED) is 0.434. The number of carbonyl (C=O) groups excluding carboxylic acids is 1. The van der Waals surface area contributed by atoms with Gasteiger partial charge in [0.25, 0.3) is 5.91 Å². The summed E-state index contributed by atoms with van der Waals surface area (Å²) in [6, 6.07) is 15.2. The first-order valence-electron chi connectivity index (χ1n) is 10.1. The predicted molar refractivity (Wildman–Crippen MR) is 120 cm³/mol. The average molecular weight is 448 g/mol. The zero-order chi connectivity index (χ0) is 23.7. The van der Waals surface area contributed by atoms with Gasteiger partial charge in [0.1, 0.15) is 17.3 Å². The summed E-state index contributed by atoms with van der Waals surface area (Å²) in [5.41, 5.74) is 1.54. The number of rotatable bonds is 5. The van der Waals surface area contributed by atoms with Crippen molar-refractivity contribution in [3.8, 4) is 28.6 Å². The number of phenols is 2. The van der Waals surface area contributed by atoms with Crippen molar-refractivity contribution in [2.45, 2.75) is 13.5 Å². The maximum Gasteiger partial charge on any atom is 0.348 e. The largest absolute Gasteiger partial charge is 0.507 e. The molecule has 0 radical (unpaired) electrons. The number of benzene rings is 3. The maximum absolute atomic E-state index is 13.2. The average Bonchev–Trinajstić information content (AvgIpc) is 3.16. The van der Waals surface area contributed by atoms with Crippen LogP contribution in [-0.4, -0.2) is 42.8 Å². The Morgan fingerprint density at radius 3 is 2.48 bits per heavy atom. The first kappa shape index (κ1) is 21.8. The van der Waals surface area contributed by atoms with Crippen molar-refractivity contribution in [1.29, 1.82) is 0 Å². The summed E-state index contributed by atoms with van der Waals surface area (Å²) in [5, 5.41) is 27.3. The van der Waals surface area contributed by atoms with Crippen molar-refractivity contribution in [2.24, 2.45) is 0 Å². The lowest BCUT2D eigenvalue weighted by Gasteiger charge is -2.19. The Hall–Kier alpha value is -4.40. The topological polar surface area (TPSA) is 111 Å². The molecule has 0 aliphatic rings. The molecule has 0 unspecified atom stereocenters. The van der Waals surface area contributed by atoms with Crippen LogP contribution in [0.5, 0.6) is 11.5 Å². The van der Waals surface area contributed by atoms with Crippen LogP contribution >= 0.6 is 0 Å². The molecule has 33 heavy (non-hydrogen) atoms. The lowest BCUT2D eigenvalue weighted by Crippen LogP contribution is -2.26. The molecular weight excluding hydrogens is 427 g/mol. The first-order valence-corrected chi connectivity index (χ1v) is 10.1. The van der Waals surface area contributed by atoms with Crippen LogP contribution in [0.25, 0.3) is 17.1 Å². The SMILES string of the molecule is Cc1ccccc1-n1c(-c2cc(C(=O)N(C)Cc3ccc(F)cc3)c(O)cc2O)n[nH]c1=O. The van der Waals surface area contributed by atoms with Crippen LogP contribution in [0.15, 0.2) is 65.5 Å². The minimum Gasteiger partial charge on any atom is -0.507 e. The van der Waals surface area contributed by atoms with E-state index >= 15 is 0 Å². The molecule has 9 heteroatoms. The Morgan fingerprint density at radius 2 is 1.79 bits per heavy atom. The highest BCUT2D eigenvalue weighted by Crippen LogP contribution is 2.35. The molecule has 0 spiro atoms. The lowest BCUT2D eigenvalue weighted by molar-refractivity contribution is 0.0782. The number of hydrogen-bond acceptors (Lipinski definition) is 5. The van der Waals surface area contributed by atoms with Crippen molar-refractivity contribution in [3.05, 3.63) is 93.7 Å². The molecule has 0 saturated heterocycles. The number of aromatic nitrogens is 3. The van der Waals surface area contributed by atoms with Crippen molar-refractivity contribution in [2.75, 3.05) is 7.05 Å². The van der Waals surface area contributed by atoms with E-state index < -0.39 is 17.3 Å². The number of para-hydroxylation sites is 1. The summed E-state index contributed by atoms with van der Waals surface area (Å²) >= 11 is 0. The molecule has 3 aromatic carbocycles. The van der Waals surface area contributed by atoms with Crippen LogP contribution in [0, 0.1) is 12.7 Å². The number of aromatic hydroxyl groups is 2. The zero-order valence-corrected chi connectivity index (χ0v) is 17.9. The van der Waals surface area contributed by atoms with Gasteiger partial charge in [0.2, 0.25) is 0 Å². The van der Waals surface area contributed by atoms with Gasteiger partial charge in [-0.1, -0.05) is 30.3 Å². The maximum atomic E-state index is 13.2. The van der Waals surface area contributed by atoms with E-state index in [1.807, 2.05) is 19.1 Å². The molecule has 3 N–H and O–H groups in total. The molecule has 1 amide bonds. The monoisotopic (exact) mass is 448 g/mol. The van der Waals surface area contributed by atoms with Gasteiger partial charge in [-0.05, 0) is 42.3 Å². The van der Waals surface area contributed by atoms with Crippen LogP contribution in [0.3, 0.4) is 0 Å². The Bertz CT molecular complexity index is 1390. The number of carbonyl (C=O) groups is 1. The van der Waals surface area contributed by atoms with Crippen LogP contribution in [0.1, 0.15) is 21.5 Å². The molecule has 8 nitrogen and oxygen atoms in total. The van der Waals surface area contributed by atoms with Gasteiger partial charge in [-0.3, -0.25) is 4.79 Å². The zero-order valence-electron chi connectivity index (χ0n) is 17.9. The van der Waals surface area contributed by atoms with Crippen molar-refractivity contribution in [3.63, 3.8) is 0 Å². The van der Waals surface area contributed by atoms with E-state index in [0.29, 0.717) is 11.3 Å². The van der Waals surface area contributed by atoms with E-state index in [1.165, 1.54) is 34.7 Å². The number of halogens is 1. The van der Waals surface area contributed by atoms with Gasteiger partial charge in [-0.15, -0.1) is 0 Å². The molecule has 0 saturated carbocycles. The predicted octanol–water partition coefficient (Wildman–Crippen LogP) is 3.36. The first-order chi connectivity index (χ1) is 15.8. The second-order valence-corrected chi connectivity index (χ2v) is 7.65. The molecule has 1 heterocycles. The van der Waals surface area contributed by atoms with Crippen LogP contribution < -0.4 is 5.69 Å². The molecule has 168 valence electrons. The fraction of sp³-hybridized carbons (Fsp3) is 0.125. The Morgan fingerprint density at radius 1 is 1.09 bits per heavy atom. The van der Waals surface area contributed by atoms with Crippen molar-refractivity contribution < 1.29 is 19.4 Å². The number of nitrogens with zero attached hydrogens (tertiary/aromatic N) is 3. The van der Waals surface area contributed by atoms with Gasteiger partial charge in [-0.2, -0.15) is 5.10 Å². The summed E-state index contributed by atoms with van der Waals surface area (Å²) in [5.74, 6) is -1.60. The highest BCUT2D eigenvalue weighted by Gasteiger charge is 2.23. The standard InChI is InChI=1S/C24H21FN4O4/c1-14-5-3-4-6-19(14)29-22(26-27-24(29)33)17-11-18(21(31)12-20(17)30)23(32)28(2)13-15-7-9-16(25)10-8-15/h3-12,30-31H,13H2,1-2H3,(H,27,33). The fourth-order valence-electron chi connectivity index (χ4n) is 3.58. The Balaban J connectivity index is 1.75. The van der Waals surface area contributed by atoms with E-state index in [9.17, 15) is 24.2 Å². The van der Waals surface area contributed by atoms with Gasteiger partial charge >= 0.3 is 5.69 Å². The number of phenolic OH excluding ortho intramolecular Hbond substituents is 2. The number of aryl methyl sites for hydroxylation is 1. The van der Waals surface area contributed by atoms with Crippen LogP contribution in [0.2, 0.25) is 0 Å².